The van der Waals surface area contributed by atoms with Crippen molar-refractivity contribution in [3.63, 3.8) is 0 Å². The number of esters is 2. The summed E-state index contributed by atoms with van der Waals surface area (Å²) in [5, 5.41) is 0. The highest BCUT2D eigenvalue weighted by Gasteiger charge is 2.26. The van der Waals surface area contributed by atoms with Crippen LogP contribution in [0, 0.1) is 0 Å². The van der Waals surface area contributed by atoms with Crippen LogP contribution in [-0.4, -0.2) is 49.3 Å². The molecule has 9 nitrogen and oxygen atoms in total. The summed E-state index contributed by atoms with van der Waals surface area (Å²) in [6, 6.07) is 0. The van der Waals surface area contributed by atoms with Crippen LogP contribution in [0.5, 0.6) is 0 Å². The number of allylic oxidation sites excluding steroid dienone is 10. The molecule has 0 aromatic heterocycles. The molecule has 0 heterocycles. The quantitative estimate of drug-likeness (QED) is 0.0264. The minimum atomic E-state index is -4.39. The number of hydrogen-bond donors (Lipinski definition) is 2. The number of rotatable bonds is 64. The fourth-order valence-corrected chi connectivity index (χ4v) is 10.6. The highest BCUT2D eigenvalue weighted by Crippen LogP contribution is 2.43. The highest BCUT2D eigenvalue weighted by atomic mass is 31.2. The van der Waals surface area contributed by atoms with E-state index in [0.29, 0.717) is 6.42 Å². The molecule has 3 N–H and O–H groups in total. The van der Waals surface area contributed by atoms with Crippen molar-refractivity contribution in [2.24, 2.45) is 5.73 Å². The van der Waals surface area contributed by atoms with E-state index in [4.69, 9.17) is 24.3 Å². The Labute approximate surface area is 489 Å². The molecule has 2 unspecified atom stereocenters. The summed E-state index contributed by atoms with van der Waals surface area (Å²) in [5.74, 6) is -0.818. The van der Waals surface area contributed by atoms with Gasteiger partial charge in [0.1, 0.15) is 6.61 Å². The summed E-state index contributed by atoms with van der Waals surface area (Å²) in [6.45, 7) is 3.75. The Hall–Kier alpha value is -2.29. The highest BCUT2D eigenvalue weighted by molar-refractivity contribution is 7.47. The van der Waals surface area contributed by atoms with E-state index >= 15 is 0 Å². The van der Waals surface area contributed by atoms with E-state index in [1.54, 1.807) is 0 Å². The van der Waals surface area contributed by atoms with E-state index in [0.717, 1.165) is 51.4 Å². The zero-order valence-electron chi connectivity index (χ0n) is 51.9. The van der Waals surface area contributed by atoms with Gasteiger partial charge in [0.25, 0.3) is 0 Å². The molecule has 79 heavy (non-hydrogen) atoms. The first-order valence-corrected chi connectivity index (χ1v) is 35.3. The van der Waals surface area contributed by atoms with Crippen molar-refractivity contribution < 1.29 is 37.6 Å². The number of unbranched alkanes of at least 4 members (excludes halogenated alkanes) is 41. The molecular formula is C69H128NO8P. The van der Waals surface area contributed by atoms with Gasteiger partial charge in [0.15, 0.2) is 6.10 Å². The monoisotopic (exact) mass is 1130 g/mol. The van der Waals surface area contributed by atoms with Crippen molar-refractivity contribution in [2.45, 2.75) is 341 Å². The van der Waals surface area contributed by atoms with Gasteiger partial charge in [-0.25, -0.2) is 4.57 Å². The molecule has 0 amide bonds. The van der Waals surface area contributed by atoms with Gasteiger partial charge in [0, 0.05) is 19.4 Å². The van der Waals surface area contributed by atoms with Crippen molar-refractivity contribution in [2.75, 3.05) is 26.4 Å². The van der Waals surface area contributed by atoms with E-state index < -0.39 is 26.5 Å². The van der Waals surface area contributed by atoms with Gasteiger partial charge in [0.2, 0.25) is 0 Å². The Morgan fingerprint density at radius 3 is 1.00 bits per heavy atom. The average molecular weight is 1130 g/mol. The van der Waals surface area contributed by atoms with Crippen LogP contribution in [0.1, 0.15) is 335 Å². The smallest absolute Gasteiger partial charge is 0.462 e. The molecule has 462 valence electrons. The van der Waals surface area contributed by atoms with Gasteiger partial charge in [-0.15, -0.1) is 0 Å². The predicted molar refractivity (Wildman–Crippen MR) is 340 cm³/mol. The molecule has 0 aliphatic rings. The number of carbonyl (C=O) groups excluding carboxylic acids is 2. The molecule has 0 aliphatic heterocycles. The van der Waals surface area contributed by atoms with Crippen LogP contribution in [0.2, 0.25) is 0 Å². The molecule has 0 bridgehead atoms. The first-order valence-electron chi connectivity index (χ1n) is 33.8. The maximum Gasteiger partial charge on any atom is 0.472 e. The Kier molecular flexibility index (Phi) is 63.0. The summed E-state index contributed by atoms with van der Waals surface area (Å²) in [7, 11) is -4.39. The lowest BCUT2D eigenvalue weighted by atomic mass is 10.0. The summed E-state index contributed by atoms with van der Waals surface area (Å²) in [6.07, 6.45) is 83.2. The Balaban J connectivity index is 3.79. The molecular weight excluding hydrogens is 1000 g/mol. The average Bonchev–Trinajstić information content (AvgIpc) is 3.44. The van der Waals surface area contributed by atoms with Gasteiger partial charge in [-0.1, -0.05) is 299 Å². The second kappa shape index (κ2) is 64.9. The van der Waals surface area contributed by atoms with Crippen LogP contribution in [0.3, 0.4) is 0 Å². The molecule has 0 aromatic rings. The number of hydrogen-bond acceptors (Lipinski definition) is 8. The lowest BCUT2D eigenvalue weighted by molar-refractivity contribution is -0.161. The van der Waals surface area contributed by atoms with E-state index in [1.807, 2.05) is 0 Å². The molecule has 0 spiro atoms. The molecule has 10 heteroatoms. The Morgan fingerprint density at radius 1 is 0.380 bits per heavy atom. The Morgan fingerprint density at radius 2 is 0.658 bits per heavy atom. The maximum absolute atomic E-state index is 12.7. The van der Waals surface area contributed by atoms with E-state index in [2.05, 4.69) is 74.6 Å². The fraction of sp³-hybridized carbons (Fsp3) is 0.826. The molecule has 0 saturated carbocycles. The lowest BCUT2D eigenvalue weighted by Crippen LogP contribution is -2.29. The van der Waals surface area contributed by atoms with Crippen molar-refractivity contribution >= 4 is 19.8 Å². The lowest BCUT2D eigenvalue weighted by Gasteiger charge is -2.19. The third-order valence-corrected chi connectivity index (χ3v) is 15.9. The normalized spacial score (nSPS) is 13.3. The van der Waals surface area contributed by atoms with Crippen molar-refractivity contribution in [3.8, 4) is 0 Å². The van der Waals surface area contributed by atoms with Gasteiger partial charge in [-0.05, 0) is 83.5 Å². The SMILES string of the molecule is CCCCC/C=C\C/C=C\CCCCCCCCCCCC(=O)OCC(COP(=O)(O)OCCN)OC(=O)CCCCCCCCCCCCCCCCCCCCCCCCCC/C=C\C/C=C\C/C=C\CCCCCCC. The summed E-state index contributed by atoms with van der Waals surface area (Å²) in [5.41, 5.74) is 5.39. The van der Waals surface area contributed by atoms with Gasteiger partial charge >= 0.3 is 19.8 Å². The predicted octanol–water partition coefficient (Wildman–Crippen LogP) is 21.9. The zero-order valence-corrected chi connectivity index (χ0v) is 52.8. The minimum Gasteiger partial charge on any atom is -0.462 e. The molecule has 0 aliphatic carbocycles. The van der Waals surface area contributed by atoms with Crippen LogP contribution < -0.4 is 5.73 Å². The first kappa shape index (κ1) is 76.7. The maximum atomic E-state index is 12.7. The van der Waals surface area contributed by atoms with Crippen LogP contribution in [0.15, 0.2) is 60.8 Å². The van der Waals surface area contributed by atoms with Crippen molar-refractivity contribution in [3.05, 3.63) is 60.8 Å². The Bertz CT molecular complexity index is 1480. The number of phosphoric ester groups is 1. The molecule has 0 radical (unpaired) electrons. The summed E-state index contributed by atoms with van der Waals surface area (Å²) in [4.78, 5) is 35.3. The fourth-order valence-electron chi connectivity index (χ4n) is 9.85. The van der Waals surface area contributed by atoms with Crippen LogP contribution in [0.4, 0.5) is 0 Å². The minimum absolute atomic E-state index is 0.0533. The molecule has 0 saturated heterocycles. The third-order valence-electron chi connectivity index (χ3n) is 14.9. The van der Waals surface area contributed by atoms with Crippen LogP contribution >= 0.6 is 7.82 Å². The van der Waals surface area contributed by atoms with E-state index in [1.165, 1.54) is 250 Å². The van der Waals surface area contributed by atoms with Crippen molar-refractivity contribution in [1.29, 1.82) is 0 Å². The topological polar surface area (TPSA) is 134 Å². The van der Waals surface area contributed by atoms with Crippen molar-refractivity contribution in [1.82, 2.24) is 0 Å². The van der Waals surface area contributed by atoms with Gasteiger partial charge in [0.05, 0.1) is 13.2 Å². The molecule has 0 aromatic carbocycles. The summed E-state index contributed by atoms with van der Waals surface area (Å²) < 4.78 is 33.1. The van der Waals surface area contributed by atoms with Crippen LogP contribution in [-0.2, 0) is 32.7 Å². The van der Waals surface area contributed by atoms with E-state index in [9.17, 15) is 19.0 Å². The molecule has 2 atom stereocenters. The second-order valence-electron chi connectivity index (χ2n) is 22.7. The van der Waals surface area contributed by atoms with Gasteiger partial charge in [-0.2, -0.15) is 0 Å². The third kappa shape index (κ3) is 64.7. The van der Waals surface area contributed by atoms with Gasteiger partial charge < -0.3 is 20.1 Å². The first-order chi connectivity index (χ1) is 38.8. The molecule has 0 rings (SSSR count). The largest absolute Gasteiger partial charge is 0.472 e. The summed E-state index contributed by atoms with van der Waals surface area (Å²) >= 11 is 0. The number of carbonyl (C=O) groups is 2. The zero-order chi connectivity index (χ0) is 57.3. The van der Waals surface area contributed by atoms with Crippen LogP contribution in [0.25, 0.3) is 0 Å². The standard InChI is InChI=1S/C69H128NO8P/c1-3-5-7-9-11-13-15-17-19-21-23-24-25-26-27-28-29-30-31-32-33-34-35-36-37-38-39-40-41-42-44-46-48-50-52-54-56-58-60-62-69(72)78-67(66-77-79(73,74)76-64-63-70)65-75-68(71)61-59-57-55-53-51-49-47-45-43-22-20-18-16-14-12-10-8-6-4-2/h12,14-15,17-18,20-21,23,25-26,67H,3-11,13,16,19,22,24,27-66,70H2,1-2H3,(H,73,74)/b14-12-,17-15-,20-18-,23-21-,26-25-. The number of nitrogens with two attached hydrogens (primary N) is 1. The number of phosphoric acid groups is 1. The number of ether oxygens (including phenoxy) is 2. The van der Waals surface area contributed by atoms with E-state index in [-0.39, 0.29) is 38.6 Å². The second-order valence-corrected chi connectivity index (χ2v) is 24.1. The van der Waals surface area contributed by atoms with Gasteiger partial charge in [-0.3, -0.25) is 18.6 Å². The molecule has 0 fully saturated rings.